The molecule has 0 aliphatic carbocycles. The molecule has 0 radical (unpaired) electrons. The lowest BCUT2D eigenvalue weighted by Gasteiger charge is -2.18. The second-order valence-electron chi connectivity index (χ2n) is 5.28. The predicted molar refractivity (Wildman–Crippen MR) is 93.5 cm³/mol. The van der Waals surface area contributed by atoms with Gasteiger partial charge in [-0.05, 0) is 35.9 Å². The minimum Gasteiger partial charge on any atom is -0.274 e. The first-order chi connectivity index (χ1) is 11.6. The molecule has 2 amide bonds. The van der Waals surface area contributed by atoms with Crippen LogP contribution in [0.25, 0.3) is 0 Å². The number of nitriles is 1. The summed E-state index contributed by atoms with van der Waals surface area (Å²) in [4.78, 5) is 26.9. The highest BCUT2D eigenvalue weighted by Gasteiger charge is 2.31. The Morgan fingerprint density at radius 2 is 1.96 bits per heavy atom. The summed E-state index contributed by atoms with van der Waals surface area (Å²) in [6, 6.07) is 16.6. The fourth-order valence-electron chi connectivity index (χ4n) is 2.61. The number of nitrogens with zero attached hydrogens (tertiary/aromatic N) is 2. The van der Waals surface area contributed by atoms with Crippen LogP contribution in [0.15, 0.2) is 66.1 Å². The molecule has 0 aromatic heterocycles. The van der Waals surface area contributed by atoms with Crippen LogP contribution in [0.5, 0.6) is 0 Å². The van der Waals surface area contributed by atoms with Crippen molar-refractivity contribution in [1.82, 2.24) is 0 Å². The van der Waals surface area contributed by atoms with Crippen molar-refractivity contribution in [3.05, 3.63) is 72.3 Å². The molecular weight excluding hydrogens is 320 g/mol. The third-order valence-corrected chi connectivity index (χ3v) is 5.11. The molecule has 0 N–H and O–H groups in total. The molecule has 1 unspecified atom stereocenters. The number of benzene rings is 2. The fraction of sp³-hybridized carbons (Fsp3) is 0.105. The van der Waals surface area contributed by atoms with Gasteiger partial charge in [-0.25, -0.2) is 4.90 Å². The van der Waals surface area contributed by atoms with Crippen molar-refractivity contribution >= 4 is 29.3 Å². The van der Waals surface area contributed by atoms with E-state index in [2.05, 4.69) is 12.6 Å². The Balaban J connectivity index is 2.03. The maximum Gasteiger partial charge on any atom is 0.257 e. The van der Waals surface area contributed by atoms with Crippen LogP contribution in [0.1, 0.15) is 22.8 Å². The second-order valence-corrected chi connectivity index (χ2v) is 6.53. The smallest absolute Gasteiger partial charge is 0.257 e. The molecule has 3 rings (SSSR count). The molecule has 118 valence electrons. The highest BCUT2D eigenvalue weighted by Crippen LogP contribution is 2.45. The van der Waals surface area contributed by atoms with Gasteiger partial charge < -0.3 is 0 Å². The molecule has 2 aromatic rings. The van der Waals surface area contributed by atoms with Crippen molar-refractivity contribution in [2.24, 2.45) is 0 Å². The van der Waals surface area contributed by atoms with E-state index in [1.54, 1.807) is 36.0 Å². The van der Waals surface area contributed by atoms with Crippen molar-refractivity contribution in [3.8, 4) is 6.07 Å². The number of anilines is 1. The van der Waals surface area contributed by atoms with Crippen LogP contribution in [0.3, 0.4) is 0 Å². The largest absolute Gasteiger partial charge is 0.274 e. The van der Waals surface area contributed by atoms with Gasteiger partial charge in [-0.2, -0.15) is 5.26 Å². The van der Waals surface area contributed by atoms with E-state index in [1.165, 1.54) is 4.90 Å². The van der Waals surface area contributed by atoms with Crippen LogP contribution in [-0.2, 0) is 9.59 Å². The molecule has 4 nitrogen and oxygen atoms in total. The molecule has 5 heteroatoms. The average Bonchev–Trinajstić information content (AvgIpc) is 2.77. The Morgan fingerprint density at radius 1 is 1.25 bits per heavy atom. The Labute approximate surface area is 144 Å². The molecule has 1 atom stereocenters. The highest BCUT2D eigenvalue weighted by molar-refractivity contribution is 7.99. The lowest BCUT2D eigenvalue weighted by Crippen LogP contribution is -2.35. The summed E-state index contributed by atoms with van der Waals surface area (Å²) in [6.45, 7) is 3.49. The summed E-state index contributed by atoms with van der Waals surface area (Å²) < 4.78 is 0. The number of carbonyl (C=O) groups excluding carboxylic acids is 2. The molecule has 1 aliphatic heterocycles. The third-order valence-electron chi connectivity index (χ3n) is 3.79. The minimum absolute atomic E-state index is 0.117. The van der Waals surface area contributed by atoms with Crippen LogP contribution in [0, 0.1) is 11.3 Å². The van der Waals surface area contributed by atoms with E-state index in [0.29, 0.717) is 11.3 Å². The molecule has 0 saturated carbocycles. The van der Waals surface area contributed by atoms with E-state index in [1.807, 2.05) is 24.3 Å². The van der Waals surface area contributed by atoms with Gasteiger partial charge >= 0.3 is 0 Å². The average molecular weight is 334 g/mol. The van der Waals surface area contributed by atoms with Crippen LogP contribution < -0.4 is 4.90 Å². The van der Waals surface area contributed by atoms with Crippen LogP contribution in [0.2, 0.25) is 0 Å². The van der Waals surface area contributed by atoms with Crippen LogP contribution >= 0.6 is 11.8 Å². The summed E-state index contributed by atoms with van der Waals surface area (Å²) >= 11 is 1.55. The number of thioether (sulfide) groups is 1. The van der Waals surface area contributed by atoms with Crippen molar-refractivity contribution < 1.29 is 9.59 Å². The predicted octanol–water partition coefficient (Wildman–Crippen LogP) is 3.84. The van der Waals surface area contributed by atoms with Gasteiger partial charge in [0, 0.05) is 16.6 Å². The summed E-state index contributed by atoms with van der Waals surface area (Å²) in [5.74, 6) is -0.680. The highest BCUT2D eigenvalue weighted by atomic mass is 32.2. The third kappa shape index (κ3) is 2.97. The maximum absolute atomic E-state index is 12.7. The van der Waals surface area contributed by atoms with Crippen molar-refractivity contribution in [2.75, 3.05) is 4.90 Å². The lowest BCUT2D eigenvalue weighted by atomic mass is 10.1. The molecule has 0 fully saturated rings. The van der Waals surface area contributed by atoms with Gasteiger partial charge in [-0.15, -0.1) is 11.8 Å². The normalized spacial score (nSPS) is 16.7. The van der Waals surface area contributed by atoms with Crippen LogP contribution in [-0.4, -0.2) is 11.8 Å². The molecule has 0 bridgehead atoms. The van der Waals surface area contributed by atoms with Gasteiger partial charge in [-0.3, -0.25) is 9.59 Å². The molecule has 0 spiro atoms. The zero-order chi connectivity index (χ0) is 17.1. The first kappa shape index (κ1) is 16.0. The molecule has 1 aliphatic rings. The first-order valence-electron chi connectivity index (χ1n) is 7.39. The molecule has 2 aromatic carbocycles. The maximum atomic E-state index is 12.7. The van der Waals surface area contributed by atoms with Gasteiger partial charge in [-0.1, -0.05) is 30.8 Å². The Hall–Kier alpha value is -2.84. The van der Waals surface area contributed by atoms with E-state index >= 15 is 0 Å². The number of para-hydroxylation sites is 1. The van der Waals surface area contributed by atoms with Gasteiger partial charge in [0.25, 0.3) is 5.91 Å². The van der Waals surface area contributed by atoms with E-state index in [4.69, 9.17) is 5.26 Å². The van der Waals surface area contributed by atoms with E-state index < -0.39 is 5.91 Å². The summed E-state index contributed by atoms with van der Waals surface area (Å²) in [5, 5.41) is 8.80. The van der Waals surface area contributed by atoms with Crippen molar-refractivity contribution in [3.63, 3.8) is 0 Å². The van der Waals surface area contributed by atoms with Gasteiger partial charge in [0.2, 0.25) is 5.91 Å². The second kappa shape index (κ2) is 6.73. The topological polar surface area (TPSA) is 61.2 Å². The molecule has 1 heterocycles. The summed E-state index contributed by atoms with van der Waals surface area (Å²) in [6.07, 6.45) is 1.35. The number of hydrogen-bond acceptors (Lipinski definition) is 4. The summed E-state index contributed by atoms with van der Waals surface area (Å²) in [5.41, 5.74) is 2.12. The molecule has 0 saturated heterocycles. The number of carbonyl (C=O) groups is 2. The number of rotatable bonds is 2. The molecule has 24 heavy (non-hydrogen) atoms. The number of amides is 2. The lowest BCUT2D eigenvalue weighted by molar-refractivity contribution is -0.124. The zero-order valence-electron chi connectivity index (χ0n) is 12.8. The van der Waals surface area contributed by atoms with Gasteiger partial charge in [0.15, 0.2) is 0 Å². The van der Waals surface area contributed by atoms with Gasteiger partial charge in [0.05, 0.1) is 17.3 Å². The fourth-order valence-corrected chi connectivity index (χ4v) is 3.87. The van der Waals surface area contributed by atoms with Gasteiger partial charge in [0.1, 0.15) is 0 Å². The Bertz CT molecular complexity index is 852. The molecular formula is C19H14N2O2S. The first-order valence-corrected chi connectivity index (χ1v) is 8.27. The summed E-state index contributed by atoms with van der Waals surface area (Å²) in [7, 11) is 0. The SMILES string of the molecule is C=CC(=O)N1C(=O)CC(c2ccc(C#N)cc2)Sc2ccccc21. The minimum atomic E-state index is -0.423. The number of fused-ring (bicyclic) bond motifs is 1. The van der Waals surface area contributed by atoms with E-state index in [-0.39, 0.29) is 17.6 Å². The van der Waals surface area contributed by atoms with E-state index in [9.17, 15) is 9.59 Å². The quantitative estimate of drug-likeness (QED) is 0.783. The van der Waals surface area contributed by atoms with Crippen molar-refractivity contribution in [2.45, 2.75) is 16.6 Å². The zero-order valence-corrected chi connectivity index (χ0v) is 13.6. The van der Waals surface area contributed by atoms with Crippen LogP contribution in [0.4, 0.5) is 5.69 Å². The Kier molecular flexibility index (Phi) is 4.50. The standard InChI is InChI=1S/C19H14N2O2S/c1-2-18(22)21-15-5-3-4-6-16(15)24-17(11-19(21)23)14-9-7-13(12-20)8-10-14/h2-10,17H,1,11H2. The monoisotopic (exact) mass is 334 g/mol. The number of hydrogen-bond donors (Lipinski definition) is 0. The number of imide groups is 1. The van der Waals surface area contributed by atoms with Crippen molar-refractivity contribution in [1.29, 1.82) is 5.26 Å². The van der Waals surface area contributed by atoms with E-state index in [0.717, 1.165) is 16.5 Å². The Morgan fingerprint density at radius 3 is 2.62 bits per heavy atom.